The van der Waals surface area contributed by atoms with Crippen molar-refractivity contribution in [3.8, 4) is 17.2 Å². The molecule has 0 fully saturated rings. The Labute approximate surface area is 196 Å². The molecule has 33 heavy (non-hydrogen) atoms. The zero-order valence-corrected chi connectivity index (χ0v) is 18.7. The lowest BCUT2D eigenvalue weighted by molar-refractivity contribution is -0.147. The monoisotopic (exact) mass is 466 g/mol. The van der Waals surface area contributed by atoms with Gasteiger partial charge in [-0.05, 0) is 60.4 Å². The van der Waals surface area contributed by atoms with E-state index in [9.17, 15) is 14.7 Å². The Morgan fingerprint density at radius 1 is 1.12 bits per heavy atom. The molecule has 0 aliphatic carbocycles. The molecular formula is C25H23ClN2O5. The number of carbonyl (C=O) groups excluding carboxylic acids is 1. The summed E-state index contributed by atoms with van der Waals surface area (Å²) < 4.78 is 6.00. The van der Waals surface area contributed by atoms with Gasteiger partial charge in [0.25, 0.3) is 0 Å². The molecule has 1 aliphatic rings. The number of phenolic OH excluding ortho intramolecular Hbond substituents is 1. The third-order valence-corrected chi connectivity index (χ3v) is 5.84. The van der Waals surface area contributed by atoms with Crippen LogP contribution in [0.4, 0.5) is 5.69 Å². The molecule has 0 saturated heterocycles. The number of aromatic hydroxyl groups is 1. The summed E-state index contributed by atoms with van der Waals surface area (Å²) in [6, 6.07) is 16.4. The van der Waals surface area contributed by atoms with E-state index in [0.29, 0.717) is 23.6 Å². The lowest BCUT2D eigenvalue weighted by Gasteiger charge is -2.29. The SMILES string of the molecule is Cc1cc(NC(=O)C(=O)O)cc(Cl)c1Oc1ccc(O)c(CN2CCc3ccccc3C2)c1. The van der Waals surface area contributed by atoms with Gasteiger partial charge in [-0.25, -0.2) is 4.79 Å². The molecule has 8 heteroatoms. The molecule has 1 aliphatic heterocycles. The topological polar surface area (TPSA) is 99.1 Å². The fourth-order valence-electron chi connectivity index (χ4n) is 3.92. The van der Waals surface area contributed by atoms with Crippen molar-refractivity contribution in [2.45, 2.75) is 26.4 Å². The van der Waals surface area contributed by atoms with Gasteiger partial charge >= 0.3 is 11.9 Å². The molecule has 3 aromatic carbocycles. The van der Waals surface area contributed by atoms with Crippen molar-refractivity contribution in [3.63, 3.8) is 0 Å². The Morgan fingerprint density at radius 3 is 2.61 bits per heavy atom. The number of hydrogen-bond donors (Lipinski definition) is 3. The standard InChI is InChI=1S/C25H23ClN2O5/c1-15-10-19(27-24(30)25(31)32)12-21(26)23(15)33-20-6-7-22(29)18(11-20)14-28-9-8-16-4-2-3-5-17(16)13-28/h2-7,10-12,29H,8-9,13-14H2,1H3,(H,27,30)(H,31,32). The molecular weight excluding hydrogens is 444 g/mol. The number of phenols is 1. The molecule has 0 bridgehead atoms. The molecule has 0 spiro atoms. The van der Waals surface area contributed by atoms with Crippen LogP contribution in [-0.2, 0) is 29.1 Å². The van der Waals surface area contributed by atoms with Crippen molar-refractivity contribution >= 4 is 29.2 Å². The summed E-state index contributed by atoms with van der Waals surface area (Å²) in [6.45, 7) is 4.03. The number of aryl methyl sites for hydroxylation is 1. The van der Waals surface area contributed by atoms with Gasteiger partial charge in [0.05, 0.1) is 5.02 Å². The second-order valence-corrected chi connectivity index (χ2v) is 8.39. The van der Waals surface area contributed by atoms with Crippen LogP contribution in [0.2, 0.25) is 5.02 Å². The highest BCUT2D eigenvalue weighted by molar-refractivity contribution is 6.37. The number of ether oxygens (including phenoxy) is 1. The van der Waals surface area contributed by atoms with Crippen LogP contribution in [0, 0.1) is 6.92 Å². The number of anilines is 1. The number of carboxylic acids is 1. The van der Waals surface area contributed by atoms with Crippen molar-refractivity contribution in [1.82, 2.24) is 4.90 Å². The largest absolute Gasteiger partial charge is 0.508 e. The van der Waals surface area contributed by atoms with Gasteiger partial charge in [-0.15, -0.1) is 0 Å². The molecule has 1 heterocycles. The van der Waals surface area contributed by atoms with E-state index in [2.05, 4.69) is 28.4 Å². The quantitative estimate of drug-likeness (QED) is 0.470. The normalized spacial score (nSPS) is 13.3. The van der Waals surface area contributed by atoms with E-state index in [-0.39, 0.29) is 16.5 Å². The Bertz CT molecular complexity index is 1200. The first-order valence-electron chi connectivity index (χ1n) is 10.4. The third kappa shape index (κ3) is 5.27. The first-order valence-corrected chi connectivity index (χ1v) is 10.8. The van der Waals surface area contributed by atoms with Crippen molar-refractivity contribution in [2.24, 2.45) is 0 Å². The smallest absolute Gasteiger partial charge is 0.394 e. The summed E-state index contributed by atoms with van der Waals surface area (Å²) in [5.41, 5.74) is 4.28. The Morgan fingerprint density at radius 2 is 1.88 bits per heavy atom. The first-order chi connectivity index (χ1) is 15.8. The molecule has 4 rings (SSSR count). The third-order valence-electron chi connectivity index (χ3n) is 5.56. The van der Waals surface area contributed by atoms with E-state index >= 15 is 0 Å². The first kappa shape index (κ1) is 22.6. The number of aliphatic carboxylic acids is 1. The van der Waals surface area contributed by atoms with Crippen molar-refractivity contribution in [3.05, 3.63) is 81.9 Å². The minimum absolute atomic E-state index is 0.191. The van der Waals surface area contributed by atoms with Crippen molar-refractivity contribution in [1.29, 1.82) is 0 Å². The fraction of sp³-hybridized carbons (Fsp3) is 0.200. The molecule has 0 radical (unpaired) electrons. The van der Waals surface area contributed by atoms with Crippen LogP contribution >= 0.6 is 11.6 Å². The second-order valence-electron chi connectivity index (χ2n) is 7.99. The van der Waals surface area contributed by atoms with Gasteiger partial charge in [-0.1, -0.05) is 35.9 Å². The highest BCUT2D eigenvalue weighted by Crippen LogP contribution is 2.37. The Balaban J connectivity index is 1.50. The highest BCUT2D eigenvalue weighted by atomic mass is 35.5. The van der Waals surface area contributed by atoms with E-state index in [1.165, 1.54) is 17.2 Å². The predicted octanol–water partition coefficient (Wildman–Crippen LogP) is 4.73. The molecule has 3 aromatic rings. The molecule has 3 N–H and O–H groups in total. The van der Waals surface area contributed by atoms with Crippen LogP contribution in [0.3, 0.4) is 0 Å². The van der Waals surface area contributed by atoms with Crippen LogP contribution in [0.5, 0.6) is 17.2 Å². The molecule has 0 saturated carbocycles. The molecule has 1 amide bonds. The van der Waals surface area contributed by atoms with Gasteiger partial charge in [0.1, 0.15) is 17.2 Å². The number of carboxylic acid groups (broad SMARTS) is 1. The summed E-state index contributed by atoms with van der Waals surface area (Å²) in [4.78, 5) is 24.4. The number of nitrogens with zero attached hydrogens (tertiary/aromatic N) is 1. The lowest BCUT2D eigenvalue weighted by Crippen LogP contribution is -2.30. The summed E-state index contributed by atoms with van der Waals surface area (Å²) in [5, 5.41) is 21.6. The average molecular weight is 467 g/mol. The highest BCUT2D eigenvalue weighted by Gasteiger charge is 2.18. The number of rotatable bonds is 5. The number of halogens is 1. The maximum atomic E-state index is 11.4. The van der Waals surface area contributed by atoms with E-state index in [0.717, 1.165) is 25.1 Å². The van der Waals surface area contributed by atoms with Crippen LogP contribution in [0.1, 0.15) is 22.3 Å². The number of fused-ring (bicyclic) bond motifs is 1. The van der Waals surface area contributed by atoms with Gasteiger partial charge in [0.15, 0.2) is 0 Å². The average Bonchev–Trinajstić information content (AvgIpc) is 2.78. The van der Waals surface area contributed by atoms with E-state index in [1.807, 2.05) is 6.07 Å². The second kappa shape index (κ2) is 9.52. The van der Waals surface area contributed by atoms with Crippen LogP contribution < -0.4 is 10.1 Å². The van der Waals surface area contributed by atoms with Crippen molar-refractivity contribution in [2.75, 3.05) is 11.9 Å². The number of nitrogens with one attached hydrogen (secondary N) is 1. The summed E-state index contributed by atoms with van der Waals surface area (Å²) >= 11 is 6.34. The van der Waals surface area contributed by atoms with Gasteiger partial charge in [0, 0.05) is 30.9 Å². The zero-order chi connectivity index (χ0) is 23.5. The van der Waals surface area contributed by atoms with Crippen LogP contribution in [0.15, 0.2) is 54.6 Å². The van der Waals surface area contributed by atoms with Crippen LogP contribution in [-0.4, -0.2) is 33.5 Å². The van der Waals surface area contributed by atoms with E-state index in [1.54, 1.807) is 31.2 Å². The van der Waals surface area contributed by atoms with Gasteiger partial charge in [-0.3, -0.25) is 9.69 Å². The minimum atomic E-state index is -1.59. The van der Waals surface area contributed by atoms with Gasteiger partial charge in [-0.2, -0.15) is 0 Å². The number of benzene rings is 3. The fourth-order valence-corrected chi connectivity index (χ4v) is 4.22. The zero-order valence-electron chi connectivity index (χ0n) is 18.0. The van der Waals surface area contributed by atoms with Gasteiger partial charge < -0.3 is 20.3 Å². The predicted molar refractivity (Wildman–Crippen MR) is 125 cm³/mol. The van der Waals surface area contributed by atoms with Crippen LogP contribution in [0.25, 0.3) is 0 Å². The lowest BCUT2D eigenvalue weighted by atomic mass is 9.99. The Kier molecular flexibility index (Phi) is 6.53. The molecule has 0 aromatic heterocycles. The molecule has 7 nitrogen and oxygen atoms in total. The summed E-state index contributed by atoms with van der Waals surface area (Å²) in [5.74, 6) is -1.66. The van der Waals surface area contributed by atoms with E-state index in [4.69, 9.17) is 21.4 Å². The molecule has 170 valence electrons. The van der Waals surface area contributed by atoms with Crippen molar-refractivity contribution < 1.29 is 24.5 Å². The van der Waals surface area contributed by atoms with Gasteiger partial charge in [0.2, 0.25) is 0 Å². The summed E-state index contributed by atoms with van der Waals surface area (Å²) in [6.07, 6.45) is 0.965. The molecule has 0 atom stereocenters. The minimum Gasteiger partial charge on any atom is -0.508 e. The number of hydrogen-bond acceptors (Lipinski definition) is 5. The number of carbonyl (C=O) groups is 2. The summed E-state index contributed by atoms with van der Waals surface area (Å²) in [7, 11) is 0. The van der Waals surface area contributed by atoms with E-state index < -0.39 is 11.9 Å². The maximum absolute atomic E-state index is 11.4. The Hall–Kier alpha value is -3.55. The maximum Gasteiger partial charge on any atom is 0.394 e. The molecule has 0 unspecified atom stereocenters. The number of amides is 1.